The number of ether oxygens (including phenoxy) is 1. The minimum atomic E-state index is -3.73. The SMILES string of the molecule is COc1ccccc1NS(=O)(=O)c1cnn(CCCO)c1. The molecule has 0 unspecified atom stereocenters. The Morgan fingerprint density at radius 3 is 2.86 bits per heavy atom. The lowest BCUT2D eigenvalue weighted by molar-refractivity contribution is 0.277. The summed E-state index contributed by atoms with van der Waals surface area (Å²) in [6, 6.07) is 6.75. The van der Waals surface area contributed by atoms with Gasteiger partial charge in [-0.05, 0) is 18.6 Å². The van der Waals surface area contributed by atoms with E-state index in [-0.39, 0.29) is 11.5 Å². The highest BCUT2D eigenvalue weighted by atomic mass is 32.2. The second kappa shape index (κ2) is 6.59. The summed E-state index contributed by atoms with van der Waals surface area (Å²) in [6.45, 7) is 0.488. The quantitative estimate of drug-likeness (QED) is 0.798. The molecule has 0 aliphatic rings. The molecule has 0 aliphatic carbocycles. The van der Waals surface area contributed by atoms with E-state index in [1.54, 1.807) is 24.3 Å². The van der Waals surface area contributed by atoms with Gasteiger partial charge < -0.3 is 9.84 Å². The number of aliphatic hydroxyl groups is 1. The molecule has 7 nitrogen and oxygen atoms in total. The largest absolute Gasteiger partial charge is 0.495 e. The van der Waals surface area contributed by atoms with Crippen LogP contribution < -0.4 is 9.46 Å². The number of hydrogen-bond acceptors (Lipinski definition) is 5. The van der Waals surface area contributed by atoms with Crippen LogP contribution >= 0.6 is 0 Å². The molecule has 0 aliphatic heterocycles. The van der Waals surface area contributed by atoms with Gasteiger partial charge in [0.05, 0.1) is 19.0 Å². The first-order valence-electron chi connectivity index (χ1n) is 6.36. The molecule has 0 saturated carbocycles. The maximum atomic E-state index is 12.3. The smallest absolute Gasteiger partial charge is 0.265 e. The predicted molar refractivity (Wildman–Crippen MR) is 77.7 cm³/mol. The highest BCUT2D eigenvalue weighted by Gasteiger charge is 2.18. The summed E-state index contributed by atoms with van der Waals surface area (Å²) in [5.41, 5.74) is 0.364. The van der Waals surface area contributed by atoms with Crippen molar-refractivity contribution in [3.05, 3.63) is 36.7 Å². The summed E-state index contributed by atoms with van der Waals surface area (Å²) < 4.78 is 33.6. The fourth-order valence-electron chi connectivity index (χ4n) is 1.77. The molecule has 8 heteroatoms. The van der Waals surface area contributed by atoms with Gasteiger partial charge in [0.1, 0.15) is 10.6 Å². The van der Waals surface area contributed by atoms with Crippen molar-refractivity contribution in [3.8, 4) is 5.75 Å². The van der Waals surface area contributed by atoms with Crippen molar-refractivity contribution >= 4 is 15.7 Å². The summed E-state index contributed by atoms with van der Waals surface area (Å²) in [5, 5.41) is 12.7. The number of aryl methyl sites for hydroxylation is 1. The minimum absolute atomic E-state index is 0.0292. The number of anilines is 1. The van der Waals surface area contributed by atoms with Crippen LogP contribution in [0.4, 0.5) is 5.69 Å². The zero-order chi connectivity index (χ0) is 15.3. The molecule has 0 atom stereocenters. The maximum Gasteiger partial charge on any atom is 0.265 e. The van der Waals surface area contributed by atoms with Crippen LogP contribution in [0, 0.1) is 0 Å². The molecule has 1 heterocycles. The number of para-hydroxylation sites is 2. The minimum Gasteiger partial charge on any atom is -0.495 e. The average molecular weight is 311 g/mol. The number of methoxy groups -OCH3 is 1. The summed E-state index contributed by atoms with van der Waals surface area (Å²) in [7, 11) is -2.25. The van der Waals surface area contributed by atoms with Gasteiger partial charge in [0.2, 0.25) is 0 Å². The Hall–Kier alpha value is -2.06. The van der Waals surface area contributed by atoms with Crippen LogP contribution in [0.5, 0.6) is 5.75 Å². The van der Waals surface area contributed by atoms with Crippen molar-refractivity contribution < 1.29 is 18.3 Å². The van der Waals surface area contributed by atoms with Crippen LogP contribution in [0.2, 0.25) is 0 Å². The lowest BCUT2D eigenvalue weighted by Crippen LogP contribution is -2.13. The van der Waals surface area contributed by atoms with Crippen molar-refractivity contribution in [2.45, 2.75) is 17.9 Å². The summed E-state index contributed by atoms with van der Waals surface area (Å²) >= 11 is 0. The summed E-state index contributed by atoms with van der Waals surface area (Å²) in [5.74, 6) is 0.439. The molecule has 114 valence electrons. The molecule has 2 N–H and O–H groups in total. The molecule has 0 saturated heterocycles. The number of aromatic nitrogens is 2. The Balaban J connectivity index is 2.20. The lowest BCUT2D eigenvalue weighted by Gasteiger charge is -2.10. The highest BCUT2D eigenvalue weighted by molar-refractivity contribution is 7.92. The van der Waals surface area contributed by atoms with Crippen molar-refractivity contribution in [3.63, 3.8) is 0 Å². The van der Waals surface area contributed by atoms with E-state index in [0.29, 0.717) is 24.4 Å². The summed E-state index contributed by atoms with van der Waals surface area (Å²) in [6.07, 6.45) is 3.21. The second-order valence-corrected chi connectivity index (χ2v) is 6.00. The van der Waals surface area contributed by atoms with Gasteiger partial charge in [-0.2, -0.15) is 5.10 Å². The van der Waals surface area contributed by atoms with Crippen LogP contribution in [-0.2, 0) is 16.6 Å². The van der Waals surface area contributed by atoms with E-state index in [2.05, 4.69) is 9.82 Å². The van der Waals surface area contributed by atoms with Crippen molar-refractivity contribution in [1.29, 1.82) is 0 Å². The van der Waals surface area contributed by atoms with E-state index in [9.17, 15) is 8.42 Å². The van der Waals surface area contributed by atoms with Crippen molar-refractivity contribution in [2.75, 3.05) is 18.4 Å². The van der Waals surface area contributed by atoms with Gasteiger partial charge in [-0.15, -0.1) is 0 Å². The fraction of sp³-hybridized carbons (Fsp3) is 0.308. The number of nitrogens with one attached hydrogen (secondary N) is 1. The molecule has 0 fully saturated rings. The molecule has 0 spiro atoms. The van der Waals surface area contributed by atoms with E-state index < -0.39 is 10.0 Å². The molecule has 2 rings (SSSR count). The Morgan fingerprint density at radius 2 is 2.14 bits per heavy atom. The Kier molecular flexibility index (Phi) is 4.81. The van der Waals surface area contributed by atoms with Crippen LogP contribution in [0.15, 0.2) is 41.6 Å². The topological polar surface area (TPSA) is 93.5 Å². The first-order chi connectivity index (χ1) is 10.1. The second-order valence-electron chi connectivity index (χ2n) is 4.32. The maximum absolute atomic E-state index is 12.3. The number of benzene rings is 1. The van der Waals surface area contributed by atoms with Gasteiger partial charge in [-0.3, -0.25) is 9.40 Å². The fourth-order valence-corrected chi connectivity index (χ4v) is 2.79. The van der Waals surface area contributed by atoms with Gasteiger partial charge in [0, 0.05) is 19.3 Å². The third-order valence-corrected chi connectivity index (χ3v) is 4.14. The average Bonchev–Trinajstić information content (AvgIpc) is 2.95. The third kappa shape index (κ3) is 3.73. The first kappa shape index (κ1) is 15.3. The van der Waals surface area contributed by atoms with E-state index in [1.165, 1.54) is 24.2 Å². The van der Waals surface area contributed by atoms with Gasteiger partial charge in [-0.1, -0.05) is 12.1 Å². The highest BCUT2D eigenvalue weighted by Crippen LogP contribution is 2.25. The number of aliphatic hydroxyl groups excluding tert-OH is 1. The zero-order valence-electron chi connectivity index (χ0n) is 11.6. The van der Waals surface area contributed by atoms with E-state index >= 15 is 0 Å². The molecule has 2 aromatic rings. The van der Waals surface area contributed by atoms with Gasteiger partial charge in [-0.25, -0.2) is 8.42 Å². The lowest BCUT2D eigenvalue weighted by atomic mass is 10.3. The molecule has 21 heavy (non-hydrogen) atoms. The Bertz CT molecular complexity index is 697. The Labute approximate surface area is 123 Å². The van der Waals surface area contributed by atoms with Crippen molar-refractivity contribution in [2.24, 2.45) is 0 Å². The first-order valence-corrected chi connectivity index (χ1v) is 7.84. The van der Waals surface area contributed by atoms with Gasteiger partial charge in [0.15, 0.2) is 0 Å². The van der Waals surface area contributed by atoms with Crippen LogP contribution in [0.25, 0.3) is 0 Å². The zero-order valence-corrected chi connectivity index (χ0v) is 12.4. The number of hydrogen-bond donors (Lipinski definition) is 2. The van der Waals surface area contributed by atoms with E-state index in [1.807, 2.05) is 0 Å². The molecule has 1 aromatic heterocycles. The summed E-state index contributed by atoms with van der Waals surface area (Å²) in [4.78, 5) is 0.0614. The van der Waals surface area contributed by atoms with Crippen molar-refractivity contribution in [1.82, 2.24) is 9.78 Å². The molecule has 0 radical (unpaired) electrons. The third-order valence-electron chi connectivity index (χ3n) is 2.82. The van der Waals surface area contributed by atoms with Crippen LogP contribution in [-0.4, -0.2) is 37.0 Å². The van der Waals surface area contributed by atoms with Crippen LogP contribution in [0.3, 0.4) is 0 Å². The number of sulfonamides is 1. The number of nitrogens with zero attached hydrogens (tertiary/aromatic N) is 2. The molecule has 0 amide bonds. The Morgan fingerprint density at radius 1 is 1.38 bits per heavy atom. The molecular weight excluding hydrogens is 294 g/mol. The molecular formula is C13H17N3O4S. The predicted octanol–water partition coefficient (Wildman–Crippen LogP) is 1.07. The molecule has 1 aromatic carbocycles. The van der Waals surface area contributed by atoms with E-state index in [4.69, 9.17) is 9.84 Å². The van der Waals surface area contributed by atoms with Crippen LogP contribution in [0.1, 0.15) is 6.42 Å². The van der Waals surface area contributed by atoms with E-state index in [0.717, 1.165) is 0 Å². The standard InChI is InChI=1S/C13H17N3O4S/c1-20-13-6-3-2-5-12(13)15-21(18,19)11-9-14-16(10-11)7-4-8-17/h2-3,5-6,9-10,15,17H,4,7-8H2,1H3. The van der Waals surface area contributed by atoms with Gasteiger partial charge in [0.25, 0.3) is 10.0 Å². The normalized spacial score (nSPS) is 11.3. The van der Waals surface area contributed by atoms with Gasteiger partial charge >= 0.3 is 0 Å². The monoisotopic (exact) mass is 311 g/mol. The molecule has 0 bridgehead atoms. The number of rotatable bonds is 7.